The van der Waals surface area contributed by atoms with Crippen LogP contribution in [0.1, 0.15) is 15.9 Å². The van der Waals surface area contributed by atoms with E-state index in [0.717, 1.165) is 16.4 Å². The van der Waals surface area contributed by atoms with Gasteiger partial charge in [-0.05, 0) is 48.0 Å². The normalized spacial score (nSPS) is 13.9. The second kappa shape index (κ2) is 9.82. The molecule has 1 aliphatic rings. The summed E-state index contributed by atoms with van der Waals surface area (Å²) in [5.74, 6) is 1.95. The first kappa shape index (κ1) is 21.8. The zero-order chi connectivity index (χ0) is 22.6. The fourth-order valence-corrected chi connectivity index (χ4v) is 4.71. The van der Waals surface area contributed by atoms with E-state index in [2.05, 4.69) is 10.2 Å². The molecule has 168 valence electrons. The van der Waals surface area contributed by atoms with E-state index in [0.29, 0.717) is 54.2 Å². The van der Waals surface area contributed by atoms with Crippen LogP contribution < -0.4 is 0 Å². The number of carbonyl (C=O) groups excluding carboxylic acids is 1. The topological polar surface area (TPSA) is 73.4 Å². The number of rotatable bonds is 6. The Hall–Kier alpha value is -3.07. The summed E-state index contributed by atoms with van der Waals surface area (Å²) in [4.78, 5) is 14.5. The van der Waals surface area contributed by atoms with Crippen molar-refractivity contribution in [3.8, 4) is 17.3 Å². The third-order valence-electron chi connectivity index (χ3n) is 5.31. The third kappa shape index (κ3) is 4.83. The van der Waals surface area contributed by atoms with Gasteiger partial charge in [-0.15, -0.1) is 10.2 Å². The smallest absolute Gasteiger partial charge is 0.254 e. The predicted octanol–water partition coefficient (Wildman–Crippen LogP) is 4.95. The Morgan fingerprint density at radius 1 is 1.03 bits per heavy atom. The van der Waals surface area contributed by atoms with E-state index in [4.69, 9.17) is 20.8 Å². The van der Waals surface area contributed by atoms with E-state index in [1.807, 2.05) is 70.1 Å². The number of morpholine rings is 1. The number of aromatic nitrogens is 3. The third-order valence-corrected chi connectivity index (χ3v) is 6.54. The molecule has 9 heteroatoms. The van der Waals surface area contributed by atoms with Gasteiger partial charge in [0.2, 0.25) is 5.82 Å². The summed E-state index contributed by atoms with van der Waals surface area (Å²) in [6, 6.07) is 18.9. The van der Waals surface area contributed by atoms with Gasteiger partial charge in [0.05, 0.1) is 25.2 Å². The molecule has 1 aliphatic heterocycles. The van der Waals surface area contributed by atoms with E-state index in [9.17, 15) is 4.79 Å². The molecule has 4 aromatic rings. The molecule has 0 spiro atoms. The van der Waals surface area contributed by atoms with Gasteiger partial charge in [-0.25, -0.2) is 0 Å². The highest BCUT2D eigenvalue weighted by Gasteiger charge is 2.20. The minimum absolute atomic E-state index is 0.0429. The molecule has 33 heavy (non-hydrogen) atoms. The van der Waals surface area contributed by atoms with Crippen molar-refractivity contribution in [3.63, 3.8) is 0 Å². The number of furan rings is 1. The Labute approximate surface area is 200 Å². The summed E-state index contributed by atoms with van der Waals surface area (Å²) in [6.07, 6.45) is 1.61. The molecular formula is C24H21ClN4O3S. The number of amides is 1. The van der Waals surface area contributed by atoms with Gasteiger partial charge in [0.1, 0.15) is 0 Å². The Balaban J connectivity index is 1.35. The van der Waals surface area contributed by atoms with Gasteiger partial charge in [0, 0.05) is 29.4 Å². The number of hydrogen-bond donors (Lipinski definition) is 0. The van der Waals surface area contributed by atoms with Crippen molar-refractivity contribution in [1.82, 2.24) is 19.7 Å². The second-order valence-corrected chi connectivity index (χ2v) is 8.87. The molecule has 0 N–H and O–H groups in total. The van der Waals surface area contributed by atoms with Crippen LogP contribution in [0, 0.1) is 0 Å². The molecule has 0 unspecified atom stereocenters. The van der Waals surface area contributed by atoms with Gasteiger partial charge < -0.3 is 14.1 Å². The Morgan fingerprint density at radius 2 is 1.85 bits per heavy atom. The molecule has 2 aromatic heterocycles. The molecule has 7 nitrogen and oxygen atoms in total. The molecule has 0 bridgehead atoms. The molecule has 0 atom stereocenters. The standard InChI is InChI=1S/C24H21ClN4O3S/c25-19-3-1-4-20(15-19)29-22(21-5-2-12-32-21)26-27-24(29)33-16-17-6-8-18(9-7-17)23(30)28-10-13-31-14-11-28/h1-9,12,15H,10-11,13-14,16H2. The number of halogens is 1. The van der Waals surface area contributed by atoms with Crippen molar-refractivity contribution in [2.75, 3.05) is 26.3 Å². The molecule has 5 rings (SSSR count). The van der Waals surface area contributed by atoms with Crippen LogP contribution >= 0.6 is 23.4 Å². The van der Waals surface area contributed by atoms with Gasteiger partial charge in [-0.3, -0.25) is 9.36 Å². The van der Waals surface area contributed by atoms with Crippen molar-refractivity contribution in [3.05, 3.63) is 83.1 Å². The maximum Gasteiger partial charge on any atom is 0.254 e. The molecule has 1 fully saturated rings. The van der Waals surface area contributed by atoms with E-state index >= 15 is 0 Å². The van der Waals surface area contributed by atoms with Crippen molar-refractivity contribution in [2.45, 2.75) is 10.9 Å². The van der Waals surface area contributed by atoms with Crippen LogP contribution in [0.25, 0.3) is 17.3 Å². The van der Waals surface area contributed by atoms with Gasteiger partial charge in [-0.2, -0.15) is 0 Å². The summed E-state index contributed by atoms with van der Waals surface area (Å²) in [5.41, 5.74) is 2.62. The SMILES string of the molecule is O=C(c1ccc(CSc2nnc(-c3ccco3)n2-c2cccc(Cl)c2)cc1)N1CCOCC1. The minimum atomic E-state index is 0.0429. The van der Waals surface area contributed by atoms with Gasteiger partial charge in [-0.1, -0.05) is 41.6 Å². The largest absolute Gasteiger partial charge is 0.461 e. The first-order valence-electron chi connectivity index (χ1n) is 10.5. The maximum absolute atomic E-state index is 12.7. The summed E-state index contributed by atoms with van der Waals surface area (Å²) in [6.45, 7) is 2.45. The van der Waals surface area contributed by atoms with Gasteiger partial charge >= 0.3 is 0 Å². The predicted molar refractivity (Wildman–Crippen MR) is 127 cm³/mol. The van der Waals surface area contributed by atoms with E-state index in [-0.39, 0.29) is 5.91 Å². The van der Waals surface area contributed by atoms with Gasteiger partial charge in [0.25, 0.3) is 5.91 Å². The molecule has 2 aromatic carbocycles. The average molecular weight is 481 g/mol. The first-order valence-corrected chi connectivity index (χ1v) is 11.9. The van der Waals surface area contributed by atoms with Crippen molar-refractivity contribution in [1.29, 1.82) is 0 Å². The number of hydrogen-bond acceptors (Lipinski definition) is 6. The number of benzene rings is 2. The first-order chi connectivity index (χ1) is 16.2. The van der Waals surface area contributed by atoms with E-state index < -0.39 is 0 Å². The molecular weight excluding hydrogens is 460 g/mol. The fraction of sp³-hybridized carbons (Fsp3) is 0.208. The zero-order valence-corrected chi connectivity index (χ0v) is 19.3. The Morgan fingerprint density at radius 3 is 2.58 bits per heavy atom. The fourth-order valence-electron chi connectivity index (χ4n) is 3.62. The van der Waals surface area contributed by atoms with Crippen LogP contribution in [0.3, 0.4) is 0 Å². The Bertz CT molecular complexity index is 1240. The van der Waals surface area contributed by atoms with Crippen LogP contribution in [0.15, 0.2) is 76.5 Å². The van der Waals surface area contributed by atoms with Crippen LogP contribution in [0.4, 0.5) is 0 Å². The van der Waals surface area contributed by atoms with Crippen molar-refractivity contribution >= 4 is 29.3 Å². The quantitative estimate of drug-likeness (QED) is 0.364. The molecule has 1 amide bonds. The van der Waals surface area contributed by atoms with Crippen LogP contribution in [0.5, 0.6) is 0 Å². The lowest BCUT2D eigenvalue weighted by atomic mass is 10.1. The molecule has 0 aliphatic carbocycles. The molecule has 0 saturated carbocycles. The second-order valence-electron chi connectivity index (χ2n) is 7.49. The van der Waals surface area contributed by atoms with Crippen LogP contribution in [-0.2, 0) is 10.5 Å². The lowest BCUT2D eigenvalue weighted by Crippen LogP contribution is -2.40. The number of nitrogens with zero attached hydrogens (tertiary/aromatic N) is 4. The lowest BCUT2D eigenvalue weighted by molar-refractivity contribution is 0.0303. The minimum Gasteiger partial charge on any atom is -0.461 e. The molecule has 1 saturated heterocycles. The number of ether oxygens (including phenoxy) is 1. The average Bonchev–Trinajstić information content (AvgIpc) is 3.53. The molecule has 3 heterocycles. The lowest BCUT2D eigenvalue weighted by Gasteiger charge is -2.26. The van der Waals surface area contributed by atoms with Crippen molar-refractivity contribution in [2.24, 2.45) is 0 Å². The summed E-state index contributed by atoms with van der Waals surface area (Å²) in [5, 5.41) is 10.1. The monoisotopic (exact) mass is 480 g/mol. The summed E-state index contributed by atoms with van der Waals surface area (Å²) < 4.78 is 12.8. The van der Waals surface area contributed by atoms with Crippen LogP contribution in [0.2, 0.25) is 5.02 Å². The van der Waals surface area contributed by atoms with E-state index in [1.54, 1.807) is 18.0 Å². The zero-order valence-electron chi connectivity index (χ0n) is 17.7. The highest BCUT2D eigenvalue weighted by molar-refractivity contribution is 7.98. The Kier molecular flexibility index (Phi) is 6.48. The number of thioether (sulfide) groups is 1. The highest BCUT2D eigenvalue weighted by atomic mass is 35.5. The molecule has 0 radical (unpaired) electrons. The summed E-state index contributed by atoms with van der Waals surface area (Å²) in [7, 11) is 0. The van der Waals surface area contributed by atoms with Crippen molar-refractivity contribution < 1.29 is 13.9 Å². The van der Waals surface area contributed by atoms with E-state index in [1.165, 1.54) is 0 Å². The van der Waals surface area contributed by atoms with Crippen LogP contribution in [-0.4, -0.2) is 51.9 Å². The highest BCUT2D eigenvalue weighted by Crippen LogP contribution is 2.31. The number of carbonyl (C=O) groups is 1. The summed E-state index contributed by atoms with van der Waals surface area (Å²) >= 11 is 7.79. The maximum atomic E-state index is 12.7. The van der Waals surface area contributed by atoms with Gasteiger partial charge in [0.15, 0.2) is 10.9 Å².